The van der Waals surface area contributed by atoms with Gasteiger partial charge in [0, 0.05) is 10.7 Å². The second-order valence-corrected chi connectivity index (χ2v) is 5.24. The number of carbonyl (C=O) groups excluding carboxylic acids is 2. The summed E-state index contributed by atoms with van der Waals surface area (Å²) in [4.78, 5) is 23.5. The molecule has 1 aromatic carbocycles. The monoisotopic (exact) mass is 298 g/mol. The molecule has 0 saturated carbocycles. The number of anilines is 1. The van der Waals surface area contributed by atoms with Gasteiger partial charge in [0.2, 0.25) is 5.91 Å². The maximum absolute atomic E-state index is 12.2. The molecule has 2 N–H and O–H groups in total. The van der Waals surface area contributed by atoms with Crippen LogP contribution in [0.15, 0.2) is 18.2 Å². The van der Waals surface area contributed by atoms with Crippen molar-refractivity contribution < 1.29 is 14.3 Å². The molecule has 6 heteroatoms. The maximum atomic E-state index is 12.2. The Morgan fingerprint density at radius 1 is 1.30 bits per heavy atom. The molecular weight excluding hydrogens is 280 g/mol. The van der Waals surface area contributed by atoms with Crippen LogP contribution in [-0.4, -0.2) is 25.2 Å². The fourth-order valence-corrected chi connectivity index (χ4v) is 1.93. The largest absolute Gasteiger partial charge is 0.453 e. The first-order valence-corrected chi connectivity index (χ1v) is 6.64. The van der Waals surface area contributed by atoms with Crippen molar-refractivity contribution in [2.75, 3.05) is 12.4 Å². The summed E-state index contributed by atoms with van der Waals surface area (Å²) in [5.74, 6) is -0.363. The van der Waals surface area contributed by atoms with Crippen LogP contribution >= 0.6 is 11.6 Å². The summed E-state index contributed by atoms with van der Waals surface area (Å²) in [5, 5.41) is 5.90. The first-order valence-electron chi connectivity index (χ1n) is 6.26. The number of amides is 2. The molecule has 0 bridgehead atoms. The summed E-state index contributed by atoms with van der Waals surface area (Å²) in [6.07, 6.45) is -0.633. The van der Waals surface area contributed by atoms with Crippen LogP contribution in [0.2, 0.25) is 5.02 Å². The van der Waals surface area contributed by atoms with E-state index in [1.165, 1.54) is 7.11 Å². The van der Waals surface area contributed by atoms with Gasteiger partial charge in [0.1, 0.15) is 6.04 Å². The van der Waals surface area contributed by atoms with Gasteiger partial charge in [-0.3, -0.25) is 4.79 Å². The van der Waals surface area contributed by atoms with E-state index < -0.39 is 12.1 Å². The van der Waals surface area contributed by atoms with Crippen molar-refractivity contribution in [2.24, 2.45) is 5.92 Å². The number of hydrogen-bond acceptors (Lipinski definition) is 3. The van der Waals surface area contributed by atoms with Crippen molar-refractivity contribution in [1.82, 2.24) is 5.32 Å². The average molecular weight is 299 g/mol. The number of ether oxygens (including phenoxy) is 1. The topological polar surface area (TPSA) is 67.4 Å². The first-order chi connectivity index (χ1) is 9.35. The van der Waals surface area contributed by atoms with Crippen molar-refractivity contribution >= 4 is 29.3 Å². The number of rotatable bonds is 4. The van der Waals surface area contributed by atoms with Crippen molar-refractivity contribution in [1.29, 1.82) is 0 Å². The molecule has 0 fully saturated rings. The van der Waals surface area contributed by atoms with Gasteiger partial charge in [-0.05, 0) is 36.6 Å². The average Bonchev–Trinajstić information content (AvgIpc) is 2.38. The minimum absolute atomic E-state index is 0.0679. The van der Waals surface area contributed by atoms with Crippen LogP contribution in [0.25, 0.3) is 0 Å². The quantitative estimate of drug-likeness (QED) is 0.898. The summed E-state index contributed by atoms with van der Waals surface area (Å²) in [7, 11) is 1.26. The van der Waals surface area contributed by atoms with Gasteiger partial charge in [-0.25, -0.2) is 4.79 Å². The third-order valence-electron chi connectivity index (χ3n) is 2.85. The number of halogens is 1. The minimum atomic E-state index is -0.669. The number of alkyl carbamates (subject to hydrolysis) is 1. The second-order valence-electron chi connectivity index (χ2n) is 4.81. The Kier molecular flexibility index (Phi) is 5.82. The number of methoxy groups -OCH3 is 1. The van der Waals surface area contributed by atoms with Crippen molar-refractivity contribution in [2.45, 2.75) is 26.8 Å². The standard InChI is InChI=1S/C14H19ClN2O3/c1-8(2)12(17-14(19)20-4)13(18)16-11-6-5-10(15)7-9(11)3/h5-8,12H,1-4H3,(H,16,18)(H,17,19). The van der Waals surface area contributed by atoms with Gasteiger partial charge < -0.3 is 15.4 Å². The Hall–Kier alpha value is -1.75. The Bertz CT molecular complexity index is 503. The zero-order valence-corrected chi connectivity index (χ0v) is 12.7. The first kappa shape index (κ1) is 16.3. The maximum Gasteiger partial charge on any atom is 0.407 e. The van der Waals surface area contributed by atoms with E-state index in [0.717, 1.165) is 5.56 Å². The van der Waals surface area contributed by atoms with Gasteiger partial charge in [0.25, 0.3) is 0 Å². The zero-order chi connectivity index (χ0) is 15.3. The van der Waals surface area contributed by atoms with E-state index in [0.29, 0.717) is 10.7 Å². The number of benzene rings is 1. The molecule has 20 heavy (non-hydrogen) atoms. The highest BCUT2D eigenvalue weighted by Gasteiger charge is 2.24. The zero-order valence-electron chi connectivity index (χ0n) is 12.0. The molecule has 1 atom stereocenters. The van der Waals surface area contributed by atoms with Crippen LogP contribution in [0.1, 0.15) is 19.4 Å². The number of carbonyl (C=O) groups is 2. The van der Waals surface area contributed by atoms with E-state index in [1.807, 2.05) is 20.8 Å². The molecule has 0 aromatic heterocycles. The highest BCUT2D eigenvalue weighted by molar-refractivity contribution is 6.30. The molecule has 110 valence electrons. The van der Waals surface area contributed by atoms with E-state index in [1.54, 1.807) is 18.2 Å². The smallest absolute Gasteiger partial charge is 0.407 e. The van der Waals surface area contributed by atoms with Gasteiger partial charge in [-0.15, -0.1) is 0 Å². The van der Waals surface area contributed by atoms with Gasteiger partial charge in [0.15, 0.2) is 0 Å². The van der Waals surface area contributed by atoms with Crippen LogP contribution in [0.4, 0.5) is 10.5 Å². The third-order valence-corrected chi connectivity index (χ3v) is 3.09. The van der Waals surface area contributed by atoms with Crippen molar-refractivity contribution in [3.8, 4) is 0 Å². The Labute approximate surface area is 123 Å². The molecule has 0 saturated heterocycles. The van der Waals surface area contributed by atoms with E-state index in [-0.39, 0.29) is 11.8 Å². The summed E-state index contributed by atoms with van der Waals surface area (Å²) in [6, 6.07) is 4.51. The van der Waals surface area contributed by atoms with Crippen LogP contribution in [-0.2, 0) is 9.53 Å². The van der Waals surface area contributed by atoms with Crippen LogP contribution in [0.3, 0.4) is 0 Å². The van der Waals surface area contributed by atoms with Crippen LogP contribution in [0.5, 0.6) is 0 Å². The highest BCUT2D eigenvalue weighted by Crippen LogP contribution is 2.20. The van der Waals surface area contributed by atoms with Gasteiger partial charge in [0.05, 0.1) is 7.11 Å². The van der Waals surface area contributed by atoms with E-state index in [4.69, 9.17) is 11.6 Å². The lowest BCUT2D eigenvalue weighted by molar-refractivity contribution is -0.119. The van der Waals surface area contributed by atoms with Gasteiger partial charge in [-0.2, -0.15) is 0 Å². The lowest BCUT2D eigenvalue weighted by atomic mass is 10.0. The molecule has 2 amide bonds. The summed E-state index contributed by atoms with van der Waals surface area (Å²) < 4.78 is 4.52. The fourth-order valence-electron chi connectivity index (χ4n) is 1.70. The highest BCUT2D eigenvalue weighted by atomic mass is 35.5. The SMILES string of the molecule is COC(=O)NC(C(=O)Nc1ccc(Cl)cc1C)C(C)C. The number of aryl methyl sites for hydroxylation is 1. The molecule has 5 nitrogen and oxygen atoms in total. The van der Waals surface area contributed by atoms with E-state index in [9.17, 15) is 9.59 Å². The molecule has 0 radical (unpaired) electrons. The predicted molar refractivity (Wildman–Crippen MR) is 79.0 cm³/mol. The van der Waals surface area contributed by atoms with Crippen LogP contribution in [0, 0.1) is 12.8 Å². The Balaban J connectivity index is 2.83. The lowest BCUT2D eigenvalue weighted by Gasteiger charge is -2.21. The molecule has 1 rings (SSSR count). The van der Waals surface area contributed by atoms with Crippen LogP contribution < -0.4 is 10.6 Å². The third kappa shape index (κ3) is 4.42. The van der Waals surface area contributed by atoms with Gasteiger partial charge in [-0.1, -0.05) is 25.4 Å². The fraction of sp³-hybridized carbons (Fsp3) is 0.429. The summed E-state index contributed by atoms with van der Waals surface area (Å²) >= 11 is 5.87. The summed E-state index contributed by atoms with van der Waals surface area (Å²) in [6.45, 7) is 5.53. The number of hydrogen-bond donors (Lipinski definition) is 2. The Morgan fingerprint density at radius 2 is 1.95 bits per heavy atom. The normalized spacial score (nSPS) is 11.9. The van der Waals surface area contributed by atoms with Gasteiger partial charge >= 0.3 is 6.09 Å². The van der Waals surface area contributed by atoms with E-state index >= 15 is 0 Å². The molecular formula is C14H19ClN2O3. The van der Waals surface area contributed by atoms with E-state index in [2.05, 4.69) is 15.4 Å². The molecule has 0 aliphatic rings. The number of nitrogens with one attached hydrogen (secondary N) is 2. The predicted octanol–water partition coefficient (Wildman–Crippen LogP) is 2.97. The minimum Gasteiger partial charge on any atom is -0.453 e. The molecule has 0 aliphatic carbocycles. The lowest BCUT2D eigenvalue weighted by Crippen LogP contribution is -2.47. The van der Waals surface area contributed by atoms with Crippen molar-refractivity contribution in [3.05, 3.63) is 28.8 Å². The van der Waals surface area contributed by atoms with Crippen molar-refractivity contribution in [3.63, 3.8) is 0 Å². The molecule has 1 unspecified atom stereocenters. The molecule has 0 aliphatic heterocycles. The molecule has 0 spiro atoms. The molecule has 0 heterocycles. The Morgan fingerprint density at radius 3 is 2.45 bits per heavy atom. The summed E-state index contributed by atoms with van der Waals surface area (Å²) in [5.41, 5.74) is 1.52. The molecule has 1 aromatic rings. The second kappa shape index (κ2) is 7.14.